The van der Waals surface area contributed by atoms with E-state index in [0.717, 1.165) is 25.2 Å². The summed E-state index contributed by atoms with van der Waals surface area (Å²) in [6.07, 6.45) is 2.69. The Balaban J connectivity index is 2.21. The summed E-state index contributed by atoms with van der Waals surface area (Å²) in [6.45, 7) is 10.6. The third-order valence-corrected chi connectivity index (χ3v) is 3.13. The van der Waals surface area contributed by atoms with Gasteiger partial charge in [-0.1, -0.05) is 20.8 Å². The molecule has 14 heavy (non-hydrogen) atoms. The molecule has 1 fully saturated rings. The molecule has 2 nitrogen and oxygen atoms in total. The first-order chi connectivity index (χ1) is 6.63. The van der Waals surface area contributed by atoms with Gasteiger partial charge in [-0.2, -0.15) is 0 Å². The summed E-state index contributed by atoms with van der Waals surface area (Å²) in [4.78, 5) is 0. The van der Waals surface area contributed by atoms with Crippen LogP contribution in [-0.4, -0.2) is 25.3 Å². The van der Waals surface area contributed by atoms with E-state index in [-0.39, 0.29) is 0 Å². The molecule has 1 atom stereocenters. The molecule has 0 amide bonds. The Kier molecular flexibility index (Phi) is 4.90. The van der Waals surface area contributed by atoms with Crippen molar-refractivity contribution in [2.24, 2.45) is 11.8 Å². The Morgan fingerprint density at radius 3 is 2.43 bits per heavy atom. The number of ether oxygens (including phenoxy) is 1. The molecular formula is C12H25NO. The molecule has 0 aromatic carbocycles. The minimum absolute atomic E-state index is 0.535. The van der Waals surface area contributed by atoms with Crippen LogP contribution in [0.3, 0.4) is 0 Å². The van der Waals surface area contributed by atoms with Crippen molar-refractivity contribution in [3.63, 3.8) is 0 Å². The second-order valence-electron chi connectivity index (χ2n) is 4.95. The smallest absolute Gasteiger partial charge is 0.0622 e. The van der Waals surface area contributed by atoms with Crippen molar-refractivity contribution in [1.82, 2.24) is 5.32 Å². The summed E-state index contributed by atoms with van der Waals surface area (Å²) in [5.41, 5.74) is 0. The van der Waals surface area contributed by atoms with Crippen molar-refractivity contribution in [3.05, 3.63) is 0 Å². The number of rotatable bonds is 6. The lowest BCUT2D eigenvalue weighted by Gasteiger charge is -2.37. The molecule has 0 aliphatic heterocycles. The summed E-state index contributed by atoms with van der Waals surface area (Å²) >= 11 is 0. The zero-order valence-electron chi connectivity index (χ0n) is 10.0. The van der Waals surface area contributed by atoms with Crippen molar-refractivity contribution in [1.29, 1.82) is 0 Å². The Hall–Kier alpha value is -0.0800. The van der Waals surface area contributed by atoms with Crippen LogP contribution >= 0.6 is 0 Å². The Labute approximate surface area is 88.4 Å². The van der Waals surface area contributed by atoms with Crippen LogP contribution in [0.5, 0.6) is 0 Å². The van der Waals surface area contributed by atoms with Crippen LogP contribution in [0, 0.1) is 11.8 Å². The quantitative estimate of drug-likeness (QED) is 0.709. The molecule has 0 heterocycles. The fraction of sp³-hybridized carbons (Fsp3) is 1.00. The zero-order valence-corrected chi connectivity index (χ0v) is 10.0. The number of nitrogens with one attached hydrogen (secondary N) is 1. The maximum absolute atomic E-state index is 5.49. The maximum atomic E-state index is 5.49. The van der Waals surface area contributed by atoms with E-state index in [9.17, 15) is 0 Å². The molecule has 1 unspecified atom stereocenters. The van der Waals surface area contributed by atoms with Crippen LogP contribution in [0.4, 0.5) is 0 Å². The van der Waals surface area contributed by atoms with Gasteiger partial charge in [-0.25, -0.2) is 0 Å². The minimum atomic E-state index is 0.535. The van der Waals surface area contributed by atoms with Crippen molar-refractivity contribution in [2.45, 2.75) is 52.6 Å². The van der Waals surface area contributed by atoms with Gasteiger partial charge in [0.05, 0.1) is 6.61 Å². The lowest BCUT2D eigenvalue weighted by atomic mass is 9.81. The standard InChI is InChI=1S/C12H25NO/c1-5-14-8-12(9(2)3)13-11-6-10(4)7-11/h9-13H,5-8H2,1-4H3. The van der Waals surface area contributed by atoms with Crippen LogP contribution in [0.1, 0.15) is 40.5 Å². The first kappa shape index (κ1) is 12.0. The molecule has 0 spiro atoms. The van der Waals surface area contributed by atoms with E-state index in [1.165, 1.54) is 12.8 Å². The monoisotopic (exact) mass is 199 g/mol. The number of hydrogen-bond acceptors (Lipinski definition) is 2. The summed E-state index contributed by atoms with van der Waals surface area (Å²) in [7, 11) is 0. The van der Waals surface area contributed by atoms with E-state index >= 15 is 0 Å². The van der Waals surface area contributed by atoms with E-state index in [1.54, 1.807) is 0 Å². The summed E-state index contributed by atoms with van der Waals surface area (Å²) in [5, 5.41) is 3.69. The Morgan fingerprint density at radius 1 is 1.36 bits per heavy atom. The molecule has 1 saturated carbocycles. The van der Waals surface area contributed by atoms with E-state index in [2.05, 4.69) is 33.0 Å². The first-order valence-corrected chi connectivity index (χ1v) is 5.97. The maximum Gasteiger partial charge on any atom is 0.0622 e. The SMILES string of the molecule is CCOCC(NC1CC(C)C1)C(C)C. The molecule has 84 valence electrons. The molecule has 2 heteroatoms. The van der Waals surface area contributed by atoms with Gasteiger partial charge in [0.2, 0.25) is 0 Å². The Morgan fingerprint density at radius 2 is 2.00 bits per heavy atom. The van der Waals surface area contributed by atoms with Gasteiger partial charge in [0.15, 0.2) is 0 Å². The first-order valence-electron chi connectivity index (χ1n) is 5.97. The lowest BCUT2D eigenvalue weighted by molar-refractivity contribution is 0.0901. The van der Waals surface area contributed by atoms with Gasteiger partial charge in [-0.05, 0) is 31.6 Å². The van der Waals surface area contributed by atoms with Crippen LogP contribution in [0.2, 0.25) is 0 Å². The molecule has 1 N–H and O–H groups in total. The van der Waals surface area contributed by atoms with Gasteiger partial charge in [-0.3, -0.25) is 0 Å². The highest BCUT2D eigenvalue weighted by atomic mass is 16.5. The van der Waals surface area contributed by atoms with Gasteiger partial charge in [0.1, 0.15) is 0 Å². The highest BCUT2D eigenvalue weighted by Crippen LogP contribution is 2.27. The normalized spacial score (nSPS) is 28.9. The molecular weight excluding hydrogens is 174 g/mol. The van der Waals surface area contributed by atoms with Crippen molar-refractivity contribution < 1.29 is 4.74 Å². The van der Waals surface area contributed by atoms with Crippen LogP contribution in [0.25, 0.3) is 0 Å². The fourth-order valence-electron chi connectivity index (χ4n) is 2.02. The van der Waals surface area contributed by atoms with Gasteiger partial charge in [0.25, 0.3) is 0 Å². The van der Waals surface area contributed by atoms with E-state index in [4.69, 9.17) is 4.74 Å². The van der Waals surface area contributed by atoms with Gasteiger partial charge >= 0.3 is 0 Å². The predicted octanol–water partition coefficient (Wildman–Crippen LogP) is 2.44. The second kappa shape index (κ2) is 5.72. The molecule has 0 aromatic rings. The van der Waals surface area contributed by atoms with Crippen molar-refractivity contribution in [3.8, 4) is 0 Å². The average Bonchev–Trinajstić information content (AvgIpc) is 2.08. The largest absolute Gasteiger partial charge is 0.380 e. The number of hydrogen-bond donors (Lipinski definition) is 1. The van der Waals surface area contributed by atoms with Crippen LogP contribution in [0.15, 0.2) is 0 Å². The summed E-state index contributed by atoms with van der Waals surface area (Å²) < 4.78 is 5.49. The molecule has 0 aromatic heterocycles. The van der Waals surface area contributed by atoms with Crippen LogP contribution in [-0.2, 0) is 4.74 Å². The van der Waals surface area contributed by atoms with Crippen LogP contribution < -0.4 is 5.32 Å². The fourth-order valence-corrected chi connectivity index (χ4v) is 2.02. The third kappa shape index (κ3) is 3.58. The highest BCUT2D eigenvalue weighted by molar-refractivity contribution is 4.86. The summed E-state index contributed by atoms with van der Waals surface area (Å²) in [5.74, 6) is 1.59. The predicted molar refractivity (Wildman–Crippen MR) is 60.4 cm³/mol. The minimum Gasteiger partial charge on any atom is -0.380 e. The summed E-state index contributed by atoms with van der Waals surface area (Å²) in [6, 6.07) is 1.28. The van der Waals surface area contributed by atoms with E-state index < -0.39 is 0 Å². The van der Waals surface area contributed by atoms with Gasteiger partial charge in [0, 0.05) is 18.7 Å². The highest BCUT2D eigenvalue weighted by Gasteiger charge is 2.28. The van der Waals surface area contributed by atoms with Gasteiger partial charge in [-0.15, -0.1) is 0 Å². The van der Waals surface area contributed by atoms with E-state index in [1.807, 2.05) is 0 Å². The van der Waals surface area contributed by atoms with Gasteiger partial charge < -0.3 is 10.1 Å². The molecule has 0 bridgehead atoms. The molecule has 0 saturated heterocycles. The third-order valence-electron chi connectivity index (χ3n) is 3.13. The average molecular weight is 199 g/mol. The molecule has 1 aliphatic carbocycles. The topological polar surface area (TPSA) is 21.3 Å². The second-order valence-corrected chi connectivity index (χ2v) is 4.95. The van der Waals surface area contributed by atoms with E-state index in [0.29, 0.717) is 12.0 Å². The molecule has 1 aliphatic rings. The zero-order chi connectivity index (χ0) is 10.6. The molecule has 0 radical (unpaired) electrons. The Bertz CT molecular complexity index is 152. The lowest BCUT2D eigenvalue weighted by Crippen LogP contribution is -2.49. The van der Waals surface area contributed by atoms with Crippen molar-refractivity contribution in [2.75, 3.05) is 13.2 Å². The van der Waals surface area contributed by atoms with Crippen molar-refractivity contribution >= 4 is 0 Å². The molecule has 1 rings (SSSR count).